The molecule has 25 heavy (non-hydrogen) atoms. The summed E-state index contributed by atoms with van der Waals surface area (Å²) in [7, 11) is 0. The predicted octanol–water partition coefficient (Wildman–Crippen LogP) is 4.71. The highest BCUT2D eigenvalue weighted by molar-refractivity contribution is 7.98. The molecular weight excluding hydrogens is 362 g/mol. The summed E-state index contributed by atoms with van der Waals surface area (Å²) in [5.74, 6) is -1.66. The first-order chi connectivity index (χ1) is 12.0. The number of nitrogens with two attached hydrogens (primary N) is 1. The van der Waals surface area contributed by atoms with Gasteiger partial charge in [0.1, 0.15) is 17.7 Å². The molecule has 0 saturated carbocycles. The summed E-state index contributed by atoms with van der Waals surface area (Å²) in [6, 6.07) is 12.1. The average molecular weight is 380 g/mol. The maximum atomic E-state index is 13.4. The first-order valence-corrected chi connectivity index (χ1v) is 9.49. The lowest BCUT2D eigenvalue weighted by atomic mass is 10.1. The topological polar surface area (TPSA) is 29.5 Å². The zero-order valence-electron chi connectivity index (χ0n) is 13.9. The van der Waals surface area contributed by atoms with Crippen LogP contribution in [-0.2, 0) is 6.54 Å². The molecule has 130 valence electrons. The van der Waals surface area contributed by atoms with E-state index in [-0.39, 0.29) is 6.04 Å². The van der Waals surface area contributed by atoms with Crippen molar-refractivity contribution in [3.05, 3.63) is 70.4 Å². The molecule has 0 radical (unpaired) electrons. The second-order valence-electron chi connectivity index (χ2n) is 5.90. The number of halogens is 3. The maximum Gasteiger partial charge on any atom is 0.159 e. The second-order valence-corrected chi connectivity index (χ2v) is 7.14. The molecule has 1 atom stereocenters. The van der Waals surface area contributed by atoms with Crippen LogP contribution in [-0.4, -0.2) is 11.2 Å². The molecule has 0 bridgehead atoms. The van der Waals surface area contributed by atoms with Crippen LogP contribution in [0.25, 0.3) is 10.9 Å². The fraction of sp³-hybridized carbons (Fsp3) is 0.211. The van der Waals surface area contributed by atoms with Gasteiger partial charge in [-0.1, -0.05) is 17.7 Å². The molecule has 0 aliphatic heterocycles. The Balaban J connectivity index is 1.78. The van der Waals surface area contributed by atoms with Gasteiger partial charge >= 0.3 is 0 Å². The molecule has 0 aliphatic carbocycles. The smallest absolute Gasteiger partial charge is 0.159 e. The van der Waals surface area contributed by atoms with Gasteiger partial charge in [0.15, 0.2) is 11.6 Å². The highest BCUT2D eigenvalue weighted by Crippen LogP contribution is 2.24. The van der Waals surface area contributed by atoms with Crippen molar-refractivity contribution in [1.29, 1.82) is 0 Å². The van der Waals surface area contributed by atoms with E-state index in [0.29, 0.717) is 11.7 Å². The predicted molar refractivity (Wildman–Crippen MR) is 98.9 cm³/mol. The number of pyridine rings is 1. The molecule has 2 N–H and O–H groups in total. The van der Waals surface area contributed by atoms with E-state index < -0.39 is 11.6 Å². The van der Waals surface area contributed by atoms with Crippen molar-refractivity contribution in [2.45, 2.75) is 24.4 Å². The summed E-state index contributed by atoms with van der Waals surface area (Å²) in [5.41, 5.74) is 2.52. The van der Waals surface area contributed by atoms with Gasteiger partial charge in [-0.15, -0.1) is 11.8 Å². The minimum Gasteiger partial charge on any atom is -0.336 e. The number of aromatic nitrogens is 1. The standard InChI is InChI=1S/C19H17ClF2N2S/c1-11(12-4-6-16(21)17(22)8-12)23-10-14-7-13-3-5-15(25-2)9-18(13)24-19(14)20/h3-9,11,23H,10H2,1-2H3/p+1/t11-/m0/s1. The summed E-state index contributed by atoms with van der Waals surface area (Å²) in [6.07, 6.45) is 2.02. The van der Waals surface area contributed by atoms with E-state index >= 15 is 0 Å². The van der Waals surface area contributed by atoms with E-state index in [1.54, 1.807) is 17.8 Å². The number of hydrogen-bond donors (Lipinski definition) is 1. The molecule has 0 unspecified atom stereocenters. The zero-order chi connectivity index (χ0) is 18.0. The first kappa shape index (κ1) is 18.1. The molecule has 0 fully saturated rings. The van der Waals surface area contributed by atoms with Crippen LogP contribution in [0.4, 0.5) is 8.78 Å². The first-order valence-electron chi connectivity index (χ1n) is 7.89. The van der Waals surface area contributed by atoms with Gasteiger partial charge in [-0.3, -0.25) is 0 Å². The van der Waals surface area contributed by atoms with E-state index in [0.717, 1.165) is 33.0 Å². The fourth-order valence-corrected chi connectivity index (χ4v) is 3.33. The molecule has 1 heterocycles. The molecule has 3 aromatic rings. The van der Waals surface area contributed by atoms with Crippen LogP contribution in [0.2, 0.25) is 5.15 Å². The number of fused-ring (bicyclic) bond motifs is 1. The quantitative estimate of drug-likeness (QED) is 0.513. The van der Waals surface area contributed by atoms with Crippen molar-refractivity contribution in [2.75, 3.05) is 6.26 Å². The van der Waals surface area contributed by atoms with Crippen molar-refractivity contribution in [2.24, 2.45) is 0 Å². The Bertz CT molecular complexity index is 917. The van der Waals surface area contributed by atoms with Crippen molar-refractivity contribution < 1.29 is 14.1 Å². The van der Waals surface area contributed by atoms with Crippen LogP contribution >= 0.6 is 23.4 Å². The summed E-state index contributed by atoms with van der Waals surface area (Å²) in [5, 5.41) is 3.53. The lowest BCUT2D eigenvalue weighted by Crippen LogP contribution is -2.83. The van der Waals surface area contributed by atoms with Gasteiger partial charge in [-0.05, 0) is 49.6 Å². The number of rotatable bonds is 5. The van der Waals surface area contributed by atoms with Gasteiger partial charge in [0.05, 0.1) is 5.52 Å². The molecule has 6 heteroatoms. The number of quaternary nitrogens is 1. The largest absolute Gasteiger partial charge is 0.336 e. The van der Waals surface area contributed by atoms with Gasteiger partial charge in [-0.2, -0.15) is 0 Å². The lowest BCUT2D eigenvalue weighted by Gasteiger charge is -2.12. The van der Waals surface area contributed by atoms with Crippen molar-refractivity contribution in [3.63, 3.8) is 0 Å². The summed E-state index contributed by atoms with van der Waals surface area (Å²) in [4.78, 5) is 5.62. The molecule has 0 aliphatic rings. The minimum atomic E-state index is -0.831. The van der Waals surface area contributed by atoms with Gasteiger partial charge in [0.25, 0.3) is 0 Å². The van der Waals surface area contributed by atoms with E-state index in [9.17, 15) is 8.78 Å². The maximum absolute atomic E-state index is 13.4. The summed E-state index contributed by atoms with van der Waals surface area (Å²) in [6.45, 7) is 2.55. The zero-order valence-corrected chi connectivity index (χ0v) is 15.5. The minimum absolute atomic E-state index is 0.0271. The Labute approximate surface area is 154 Å². The average Bonchev–Trinajstić information content (AvgIpc) is 2.61. The van der Waals surface area contributed by atoms with Crippen LogP contribution in [0.15, 0.2) is 47.4 Å². The van der Waals surface area contributed by atoms with Crippen LogP contribution in [0, 0.1) is 11.6 Å². The Morgan fingerprint density at radius 1 is 1.12 bits per heavy atom. The third-order valence-corrected chi connectivity index (χ3v) is 5.26. The molecule has 0 spiro atoms. The van der Waals surface area contributed by atoms with E-state index in [1.807, 2.05) is 36.7 Å². The molecule has 2 aromatic carbocycles. The van der Waals surface area contributed by atoms with Crippen molar-refractivity contribution >= 4 is 34.3 Å². The molecule has 0 saturated heterocycles. The van der Waals surface area contributed by atoms with Gasteiger partial charge in [0, 0.05) is 21.4 Å². The van der Waals surface area contributed by atoms with Crippen LogP contribution in [0.3, 0.4) is 0 Å². The number of hydrogen-bond acceptors (Lipinski definition) is 2. The third-order valence-electron chi connectivity index (χ3n) is 4.21. The van der Waals surface area contributed by atoms with Crippen LogP contribution < -0.4 is 5.32 Å². The van der Waals surface area contributed by atoms with Crippen molar-refractivity contribution in [3.8, 4) is 0 Å². The highest BCUT2D eigenvalue weighted by atomic mass is 35.5. The number of benzene rings is 2. The fourth-order valence-electron chi connectivity index (χ4n) is 2.67. The van der Waals surface area contributed by atoms with Crippen molar-refractivity contribution in [1.82, 2.24) is 4.98 Å². The molecule has 2 nitrogen and oxygen atoms in total. The van der Waals surface area contributed by atoms with Gasteiger partial charge < -0.3 is 5.32 Å². The van der Waals surface area contributed by atoms with Gasteiger partial charge in [0.2, 0.25) is 0 Å². The Morgan fingerprint density at radius 3 is 2.64 bits per heavy atom. The Hall–Kier alpha value is -1.69. The van der Waals surface area contributed by atoms with E-state index in [2.05, 4.69) is 11.1 Å². The number of nitrogens with zero attached hydrogens (tertiary/aromatic N) is 1. The van der Waals surface area contributed by atoms with Gasteiger partial charge in [-0.25, -0.2) is 13.8 Å². The SMILES string of the molecule is CSc1ccc2cc(C[NH2+][C@@H](C)c3ccc(F)c(F)c3)c(Cl)nc2c1. The highest BCUT2D eigenvalue weighted by Gasteiger charge is 2.14. The van der Waals surface area contributed by atoms with E-state index in [4.69, 9.17) is 11.6 Å². The molecule has 3 rings (SSSR count). The van der Waals surface area contributed by atoms with E-state index in [1.165, 1.54) is 6.07 Å². The summed E-state index contributed by atoms with van der Waals surface area (Å²) < 4.78 is 26.4. The molecule has 0 amide bonds. The summed E-state index contributed by atoms with van der Waals surface area (Å²) >= 11 is 7.99. The Morgan fingerprint density at radius 2 is 1.92 bits per heavy atom. The third kappa shape index (κ3) is 4.11. The van der Waals surface area contributed by atoms with Crippen LogP contribution in [0.1, 0.15) is 24.1 Å². The normalized spacial score (nSPS) is 12.5. The monoisotopic (exact) mass is 379 g/mol. The molecule has 1 aromatic heterocycles. The van der Waals surface area contributed by atoms with Crippen LogP contribution in [0.5, 0.6) is 0 Å². The number of thioether (sulfide) groups is 1. The molecular formula is C19H18ClF2N2S+. The second kappa shape index (κ2) is 7.68. The lowest BCUT2D eigenvalue weighted by molar-refractivity contribution is -0.707. The Kier molecular flexibility index (Phi) is 5.57.